The number of alkyl halides is 2. The third-order valence-electron chi connectivity index (χ3n) is 1.07. The zero-order valence-corrected chi connectivity index (χ0v) is 8.33. The number of aliphatic carboxylic acids is 1. The van der Waals surface area contributed by atoms with Crippen LogP contribution < -0.4 is 5.73 Å². The summed E-state index contributed by atoms with van der Waals surface area (Å²) in [7, 11) is 0. The van der Waals surface area contributed by atoms with E-state index in [1.165, 1.54) is 0 Å². The van der Waals surface area contributed by atoms with Gasteiger partial charge in [-0.2, -0.15) is 20.5 Å². The number of rotatable bonds is 5. The van der Waals surface area contributed by atoms with E-state index in [0.717, 1.165) is 11.8 Å². The molecule has 3 nitrogen and oxygen atoms in total. The molecule has 3 N–H and O–H groups in total. The molecule has 0 aromatic rings. The van der Waals surface area contributed by atoms with Crippen molar-refractivity contribution < 1.29 is 18.7 Å². The highest BCUT2D eigenvalue weighted by atomic mass is 32.2. The monoisotopic (exact) mass is 213 g/mol. The third-order valence-corrected chi connectivity index (χ3v) is 2.59. The second-order valence-electron chi connectivity index (χ2n) is 3.49. The summed E-state index contributed by atoms with van der Waals surface area (Å²) in [5.41, 5.74) is 4.97. The lowest BCUT2D eigenvalue weighted by Crippen LogP contribution is -2.37. The second kappa shape index (κ2) is 4.23. The Morgan fingerprint density at radius 1 is 1.46 bits per heavy atom. The first-order valence-electron chi connectivity index (χ1n) is 3.63. The van der Waals surface area contributed by atoms with E-state index >= 15 is 0 Å². The van der Waals surface area contributed by atoms with E-state index in [0.29, 0.717) is 5.75 Å². The average molecular weight is 213 g/mol. The maximum atomic E-state index is 12.5. The Balaban J connectivity index is 3.84. The van der Waals surface area contributed by atoms with E-state index in [1.54, 1.807) is 13.8 Å². The van der Waals surface area contributed by atoms with Gasteiger partial charge in [0.2, 0.25) is 0 Å². The van der Waals surface area contributed by atoms with Gasteiger partial charge in [0.15, 0.2) is 0 Å². The van der Waals surface area contributed by atoms with Crippen LogP contribution in [0.2, 0.25) is 0 Å². The van der Waals surface area contributed by atoms with Gasteiger partial charge >= 0.3 is 11.9 Å². The average Bonchev–Trinajstić information content (AvgIpc) is 1.82. The topological polar surface area (TPSA) is 63.3 Å². The summed E-state index contributed by atoms with van der Waals surface area (Å²) in [6, 6.07) is 0. The molecule has 0 radical (unpaired) electrons. The normalized spacial score (nSPS) is 13.0. The molecule has 13 heavy (non-hydrogen) atoms. The minimum absolute atomic E-state index is 0.301. The molecule has 0 aliphatic carbocycles. The van der Waals surface area contributed by atoms with Crippen LogP contribution in [0.15, 0.2) is 0 Å². The number of halogens is 2. The molecule has 6 heteroatoms. The molecule has 0 unspecified atom stereocenters. The van der Waals surface area contributed by atoms with Gasteiger partial charge in [0.05, 0.1) is 5.75 Å². The van der Waals surface area contributed by atoms with Crippen molar-refractivity contribution >= 4 is 17.7 Å². The highest BCUT2D eigenvalue weighted by Gasteiger charge is 2.38. The van der Waals surface area contributed by atoms with Crippen LogP contribution in [0.5, 0.6) is 0 Å². The van der Waals surface area contributed by atoms with Crippen LogP contribution in [0, 0.1) is 0 Å². The molecule has 0 amide bonds. The van der Waals surface area contributed by atoms with Crippen molar-refractivity contribution in [1.82, 2.24) is 0 Å². The van der Waals surface area contributed by atoms with E-state index in [9.17, 15) is 13.6 Å². The van der Waals surface area contributed by atoms with E-state index < -0.39 is 23.2 Å². The number of hydrogen-bond acceptors (Lipinski definition) is 3. The maximum absolute atomic E-state index is 12.5. The summed E-state index contributed by atoms with van der Waals surface area (Å²) >= 11 is 0.840. The second-order valence-corrected chi connectivity index (χ2v) is 4.48. The van der Waals surface area contributed by atoms with Gasteiger partial charge < -0.3 is 10.8 Å². The number of carboxylic acid groups (broad SMARTS) is 1. The van der Waals surface area contributed by atoms with Crippen molar-refractivity contribution in [2.75, 3.05) is 11.5 Å². The van der Waals surface area contributed by atoms with Gasteiger partial charge in [-0.1, -0.05) is 0 Å². The van der Waals surface area contributed by atoms with Gasteiger partial charge in [0, 0.05) is 11.3 Å². The summed E-state index contributed by atoms with van der Waals surface area (Å²) in [5.74, 6) is -6.18. The highest BCUT2D eigenvalue weighted by molar-refractivity contribution is 7.99. The SMILES string of the molecule is CC(C)(N)CSCC(F)(F)C(=O)O. The van der Waals surface area contributed by atoms with Gasteiger partial charge in [-0.05, 0) is 13.8 Å². The van der Waals surface area contributed by atoms with Crippen LogP contribution in [-0.2, 0) is 4.79 Å². The molecule has 0 rings (SSSR count). The smallest absolute Gasteiger partial charge is 0.375 e. The Bertz CT molecular complexity index is 191. The van der Waals surface area contributed by atoms with Crippen molar-refractivity contribution in [3.63, 3.8) is 0 Å². The van der Waals surface area contributed by atoms with Gasteiger partial charge in [-0.3, -0.25) is 0 Å². The Kier molecular flexibility index (Phi) is 4.12. The Morgan fingerprint density at radius 3 is 2.23 bits per heavy atom. The number of hydrogen-bond donors (Lipinski definition) is 2. The lowest BCUT2D eigenvalue weighted by Gasteiger charge is -2.18. The molecular formula is C7H13F2NO2S. The fourth-order valence-electron chi connectivity index (χ4n) is 0.504. The maximum Gasteiger partial charge on any atom is 0.375 e. The fourth-order valence-corrected chi connectivity index (χ4v) is 1.51. The molecule has 0 spiro atoms. The van der Waals surface area contributed by atoms with E-state index in [4.69, 9.17) is 10.8 Å². The van der Waals surface area contributed by atoms with Crippen LogP contribution in [0.4, 0.5) is 8.78 Å². The Morgan fingerprint density at radius 2 is 1.92 bits per heavy atom. The van der Waals surface area contributed by atoms with Crippen LogP contribution in [0.3, 0.4) is 0 Å². The van der Waals surface area contributed by atoms with Gasteiger partial charge in [-0.15, -0.1) is 0 Å². The number of nitrogens with two attached hydrogens (primary N) is 1. The third kappa shape index (κ3) is 5.81. The number of thioether (sulfide) groups is 1. The van der Waals surface area contributed by atoms with Gasteiger partial charge in [-0.25, -0.2) is 4.79 Å². The molecule has 0 fully saturated rings. The molecule has 0 aliphatic rings. The van der Waals surface area contributed by atoms with Crippen LogP contribution in [-0.4, -0.2) is 34.0 Å². The standard InChI is InChI=1S/C7H13F2NO2S/c1-6(2,10)3-13-4-7(8,9)5(11)12/h3-4,10H2,1-2H3,(H,11,12). The molecule has 0 saturated heterocycles. The lowest BCUT2D eigenvalue weighted by molar-refractivity contribution is -0.161. The molecule has 0 heterocycles. The zero-order valence-electron chi connectivity index (χ0n) is 7.51. The Labute approximate surface area is 79.7 Å². The minimum atomic E-state index is -3.66. The summed E-state index contributed by atoms with van der Waals surface area (Å²) < 4.78 is 24.9. The van der Waals surface area contributed by atoms with Crippen molar-refractivity contribution in [3.8, 4) is 0 Å². The fraction of sp³-hybridized carbons (Fsp3) is 0.857. The number of carbonyl (C=O) groups is 1. The summed E-state index contributed by atoms with van der Waals surface area (Å²) in [6.07, 6.45) is 0. The molecule has 0 aliphatic heterocycles. The molecule has 0 aromatic heterocycles. The minimum Gasteiger partial charge on any atom is -0.477 e. The van der Waals surface area contributed by atoms with Crippen molar-refractivity contribution in [3.05, 3.63) is 0 Å². The molecule has 78 valence electrons. The predicted molar refractivity (Wildman–Crippen MR) is 48.2 cm³/mol. The Hall–Kier alpha value is -0.360. The molecule has 0 aromatic carbocycles. The van der Waals surface area contributed by atoms with Crippen LogP contribution >= 0.6 is 11.8 Å². The predicted octanol–water partition coefficient (Wildman–Crippen LogP) is 1.18. The molecule has 0 atom stereocenters. The first-order valence-corrected chi connectivity index (χ1v) is 4.78. The first-order chi connectivity index (χ1) is 5.65. The first kappa shape index (κ1) is 12.6. The summed E-state index contributed by atoms with van der Waals surface area (Å²) in [5, 5.41) is 8.08. The largest absolute Gasteiger partial charge is 0.477 e. The summed E-state index contributed by atoms with van der Waals surface area (Å²) in [4.78, 5) is 9.98. The zero-order chi connectivity index (χ0) is 10.7. The van der Waals surface area contributed by atoms with Crippen LogP contribution in [0.1, 0.15) is 13.8 Å². The van der Waals surface area contributed by atoms with E-state index in [2.05, 4.69) is 0 Å². The quantitative estimate of drug-likeness (QED) is 0.719. The van der Waals surface area contributed by atoms with E-state index in [-0.39, 0.29) is 0 Å². The van der Waals surface area contributed by atoms with Gasteiger partial charge in [0.1, 0.15) is 0 Å². The highest BCUT2D eigenvalue weighted by Crippen LogP contribution is 2.22. The molecule has 0 bridgehead atoms. The lowest BCUT2D eigenvalue weighted by atomic mass is 10.1. The van der Waals surface area contributed by atoms with E-state index in [1.807, 2.05) is 0 Å². The molecule has 0 saturated carbocycles. The van der Waals surface area contributed by atoms with Gasteiger partial charge in [0.25, 0.3) is 0 Å². The van der Waals surface area contributed by atoms with Crippen LogP contribution in [0.25, 0.3) is 0 Å². The van der Waals surface area contributed by atoms with Crippen molar-refractivity contribution in [1.29, 1.82) is 0 Å². The molecular weight excluding hydrogens is 200 g/mol. The summed E-state index contributed by atoms with van der Waals surface area (Å²) in [6.45, 7) is 3.39. The number of carboxylic acids is 1. The van der Waals surface area contributed by atoms with Crippen molar-refractivity contribution in [2.24, 2.45) is 5.73 Å². The van der Waals surface area contributed by atoms with Crippen molar-refractivity contribution in [2.45, 2.75) is 25.3 Å².